The summed E-state index contributed by atoms with van der Waals surface area (Å²) < 4.78 is 5.42. The number of anilines is 3. The van der Waals surface area contributed by atoms with E-state index >= 15 is 0 Å². The molecular formula is C25H27N7O3. The number of amides is 1. The van der Waals surface area contributed by atoms with E-state index in [0.29, 0.717) is 35.1 Å². The van der Waals surface area contributed by atoms with E-state index in [0.717, 1.165) is 16.8 Å². The summed E-state index contributed by atoms with van der Waals surface area (Å²) >= 11 is 0. The molecule has 10 nitrogen and oxygen atoms in total. The third kappa shape index (κ3) is 5.44. The summed E-state index contributed by atoms with van der Waals surface area (Å²) in [5.74, 6) is 1.45. The maximum absolute atomic E-state index is 12.0. The van der Waals surface area contributed by atoms with Gasteiger partial charge in [0.1, 0.15) is 11.4 Å². The maximum Gasteiger partial charge on any atom is 0.263 e. The summed E-state index contributed by atoms with van der Waals surface area (Å²) in [5.41, 5.74) is 3.54. The lowest BCUT2D eigenvalue weighted by molar-refractivity contribution is 0.0962. The average Bonchev–Trinajstić information content (AvgIpc) is 3.37. The standard InChI is InChI=1S/C25H27N7O3/c1-4-21-30-24(35-32-21)19-13-27-25(28-17-10-11-18(15(2)12-17)23(34)26-3)31-22(19)29-20(14-33)16-8-6-5-7-9-16/h5-13,20,33H,4,14H2,1-3H3,(H,26,34)(H2,27,28,29,31)/t20-/m1/s1. The van der Waals surface area contributed by atoms with Crippen molar-refractivity contribution in [1.82, 2.24) is 25.4 Å². The highest BCUT2D eigenvalue weighted by Crippen LogP contribution is 2.29. The number of hydrogen-bond acceptors (Lipinski definition) is 9. The first kappa shape index (κ1) is 23.8. The molecule has 2 aromatic heterocycles. The molecule has 0 spiro atoms. The Kier molecular flexibility index (Phi) is 7.32. The molecule has 4 aromatic rings. The second-order valence-corrected chi connectivity index (χ2v) is 7.85. The Morgan fingerprint density at radius 1 is 1.14 bits per heavy atom. The van der Waals surface area contributed by atoms with Crippen LogP contribution in [0.25, 0.3) is 11.5 Å². The number of benzene rings is 2. The summed E-state index contributed by atoms with van der Waals surface area (Å²) in [4.78, 5) is 25.5. The predicted molar refractivity (Wildman–Crippen MR) is 132 cm³/mol. The molecule has 2 aromatic carbocycles. The van der Waals surface area contributed by atoms with Crippen LogP contribution in [0.1, 0.15) is 40.3 Å². The Bertz CT molecular complexity index is 1310. The van der Waals surface area contributed by atoms with Crippen molar-refractivity contribution in [3.8, 4) is 11.5 Å². The van der Waals surface area contributed by atoms with Crippen molar-refractivity contribution in [3.05, 3.63) is 77.2 Å². The second kappa shape index (κ2) is 10.7. The Morgan fingerprint density at radius 3 is 2.60 bits per heavy atom. The van der Waals surface area contributed by atoms with Gasteiger partial charge < -0.3 is 25.6 Å². The van der Waals surface area contributed by atoms with Gasteiger partial charge in [0.15, 0.2) is 5.82 Å². The molecular weight excluding hydrogens is 446 g/mol. The van der Waals surface area contributed by atoms with E-state index in [-0.39, 0.29) is 18.4 Å². The molecule has 0 bridgehead atoms. The molecule has 4 rings (SSSR count). The van der Waals surface area contributed by atoms with Crippen molar-refractivity contribution >= 4 is 23.4 Å². The topological polar surface area (TPSA) is 138 Å². The molecule has 0 saturated carbocycles. The van der Waals surface area contributed by atoms with Crippen LogP contribution in [0.5, 0.6) is 0 Å². The summed E-state index contributed by atoms with van der Waals surface area (Å²) in [6.45, 7) is 3.64. The van der Waals surface area contributed by atoms with E-state index in [1.165, 1.54) is 0 Å². The first-order valence-corrected chi connectivity index (χ1v) is 11.2. The van der Waals surface area contributed by atoms with Crippen LogP contribution >= 0.6 is 0 Å². The molecule has 0 unspecified atom stereocenters. The lowest BCUT2D eigenvalue weighted by Gasteiger charge is -2.19. The Balaban J connectivity index is 1.68. The van der Waals surface area contributed by atoms with Gasteiger partial charge in [-0.1, -0.05) is 42.4 Å². The smallest absolute Gasteiger partial charge is 0.263 e. The van der Waals surface area contributed by atoms with E-state index in [1.807, 2.05) is 50.2 Å². The summed E-state index contributed by atoms with van der Waals surface area (Å²) in [5, 5.41) is 23.1. The molecule has 35 heavy (non-hydrogen) atoms. The van der Waals surface area contributed by atoms with Crippen molar-refractivity contribution in [3.63, 3.8) is 0 Å². The fourth-order valence-electron chi connectivity index (χ4n) is 3.56. The van der Waals surface area contributed by atoms with Crippen molar-refractivity contribution in [2.75, 3.05) is 24.3 Å². The number of carbonyl (C=O) groups excluding carboxylic acids is 1. The van der Waals surface area contributed by atoms with Gasteiger partial charge in [0.05, 0.1) is 12.6 Å². The van der Waals surface area contributed by atoms with Crippen LogP contribution in [0.3, 0.4) is 0 Å². The summed E-state index contributed by atoms with van der Waals surface area (Å²) in [7, 11) is 1.60. The predicted octanol–water partition coefficient (Wildman–Crippen LogP) is 3.65. The van der Waals surface area contributed by atoms with Crippen LogP contribution in [-0.4, -0.2) is 44.8 Å². The van der Waals surface area contributed by atoms with Crippen molar-refractivity contribution in [2.24, 2.45) is 0 Å². The normalized spacial score (nSPS) is 11.7. The highest BCUT2D eigenvalue weighted by molar-refractivity contribution is 5.95. The first-order chi connectivity index (χ1) is 17.0. The number of aliphatic hydroxyl groups excluding tert-OH is 1. The van der Waals surface area contributed by atoms with E-state index < -0.39 is 6.04 Å². The van der Waals surface area contributed by atoms with Gasteiger partial charge in [0.2, 0.25) is 5.95 Å². The van der Waals surface area contributed by atoms with E-state index in [2.05, 4.69) is 36.1 Å². The summed E-state index contributed by atoms with van der Waals surface area (Å²) in [6.07, 6.45) is 2.22. The van der Waals surface area contributed by atoms with Gasteiger partial charge in [-0.25, -0.2) is 4.98 Å². The van der Waals surface area contributed by atoms with E-state index in [4.69, 9.17) is 4.52 Å². The van der Waals surface area contributed by atoms with Crippen LogP contribution in [0.2, 0.25) is 0 Å². The zero-order valence-corrected chi connectivity index (χ0v) is 19.7. The number of rotatable bonds is 9. The monoisotopic (exact) mass is 473 g/mol. The number of nitrogens with zero attached hydrogens (tertiary/aromatic N) is 4. The van der Waals surface area contributed by atoms with Gasteiger partial charge >= 0.3 is 0 Å². The van der Waals surface area contributed by atoms with Crippen molar-refractivity contribution in [1.29, 1.82) is 0 Å². The van der Waals surface area contributed by atoms with Gasteiger partial charge in [0, 0.05) is 30.9 Å². The molecule has 1 amide bonds. The lowest BCUT2D eigenvalue weighted by atomic mass is 10.1. The fourth-order valence-corrected chi connectivity index (χ4v) is 3.56. The highest BCUT2D eigenvalue weighted by atomic mass is 16.5. The number of aliphatic hydroxyl groups is 1. The molecule has 1 atom stereocenters. The van der Waals surface area contributed by atoms with Crippen LogP contribution in [0.15, 0.2) is 59.3 Å². The maximum atomic E-state index is 12.0. The molecule has 0 radical (unpaired) electrons. The van der Waals surface area contributed by atoms with Crippen molar-refractivity contribution in [2.45, 2.75) is 26.3 Å². The van der Waals surface area contributed by atoms with Gasteiger partial charge in [-0.2, -0.15) is 9.97 Å². The molecule has 4 N–H and O–H groups in total. The number of aryl methyl sites for hydroxylation is 2. The highest BCUT2D eigenvalue weighted by Gasteiger charge is 2.20. The molecule has 0 aliphatic heterocycles. The largest absolute Gasteiger partial charge is 0.394 e. The number of hydrogen-bond donors (Lipinski definition) is 4. The minimum Gasteiger partial charge on any atom is -0.394 e. The van der Waals surface area contributed by atoms with Gasteiger partial charge in [0.25, 0.3) is 11.8 Å². The number of carbonyl (C=O) groups is 1. The van der Waals surface area contributed by atoms with Gasteiger partial charge in [-0.15, -0.1) is 0 Å². The van der Waals surface area contributed by atoms with Crippen LogP contribution in [0.4, 0.5) is 17.5 Å². The van der Waals surface area contributed by atoms with E-state index in [9.17, 15) is 9.90 Å². The molecule has 0 saturated heterocycles. The average molecular weight is 474 g/mol. The first-order valence-electron chi connectivity index (χ1n) is 11.2. The molecule has 10 heteroatoms. The zero-order chi connectivity index (χ0) is 24.8. The van der Waals surface area contributed by atoms with Gasteiger partial charge in [-0.3, -0.25) is 4.79 Å². The molecule has 2 heterocycles. The minimum absolute atomic E-state index is 0.150. The molecule has 0 aliphatic rings. The minimum atomic E-state index is -0.416. The van der Waals surface area contributed by atoms with Crippen LogP contribution in [-0.2, 0) is 6.42 Å². The van der Waals surface area contributed by atoms with Crippen LogP contribution in [0, 0.1) is 6.92 Å². The number of nitrogens with one attached hydrogen (secondary N) is 3. The lowest BCUT2D eigenvalue weighted by Crippen LogP contribution is -2.19. The van der Waals surface area contributed by atoms with Crippen molar-refractivity contribution < 1.29 is 14.4 Å². The third-order valence-electron chi connectivity index (χ3n) is 5.45. The summed E-state index contributed by atoms with van der Waals surface area (Å²) in [6, 6.07) is 14.5. The SMILES string of the molecule is CCc1noc(-c2cnc(Nc3ccc(C(=O)NC)c(C)c3)nc2N[C@H](CO)c2ccccc2)n1. The fraction of sp³-hybridized carbons (Fsp3) is 0.240. The molecule has 0 aliphatic carbocycles. The van der Waals surface area contributed by atoms with Gasteiger partial charge in [-0.05, 0) is 36.2 Å². The molecule has 0 fully saturated rings. The third-order valence-corrected chi connectivity index (χ3v) is 5.45. The quantitative estimate of drug-likeness (QED) is 0.287. The molecule has 180 valence electrons. The number of aromatic nitrogens is 4. The second-order valence-electron chi connectivity index (χ2n) is 7.85. The Labute approximate surface area is 202 Å². The zero-order valence-electron chi connectivity index (χ0n) is 19.7. The van der Waals surface area contributed by atoms with Crippen LogP contribution < -0.4 is 16.0 Å². The Morgan fingerprint density at radius 2 is 1.94 bits per heavy atom. The Hall–Kier alpha value is -4.31. The van der Waals surface area contributed by atoms with E-state index in [1.54, 1.807) is 25.4 Å².